The third-order valence-electron chi connectivity index (χ3n) is 12.7. The van der Waals surface area contributed by atoms with Gasteiger partial charge in [-0.2, -0.15) is 10.2 Å². The van der Waals surface area contributed by atoms with E-state index in [1.807, 2.05) is 24.3 Å². The minimum absolute atomic E-state index is 0.00492. The molecular weight excluding hydrogens is 803 g/mol. The monoisotopic (exact) mass is 858 g/mol. The van der Waals surface area contributed by atoms with Crippen molar-refractivity contribution < 1.29 is 27.9 Å². The number of aromatic nitrogens is 7. The van der Waals surface area contributed by atoms with Gasteiger partial charge in [0.15, 0.2) is 11.3 Å². The lowest BCUT2D eigenvalue weighted by atomic mass is 9.86. The number of imidazole rings is 1. The Labute approximate surface area is 358 Å². The summed E-state index contributed by atoms with van der Waals surface area (Å²) in [6.07, 6.45) is 8.19. The molecule has 1 atom stereocenters. The van der Waals surface area contributed by atoms with Crippen LogP contribution in [0.5, 0.6) is 0 Å². The number of anilines is 2. The fourth-order valence-corrected chi connectivity index (χ4v) is 9.25. The summed E-state index contributed by atoms with van der Waals surface area (Å²) in [5.74, 6) is -0.109. The third-order valence-corrected chi connectivity index (χ3v) is 12.7. The molecule has 6 heterocycles. The van der Waals surface area contributed by atoms with E-state index in [0.717, 1.165) is 94.7 Å². The standard InChI is InChI=1S/C43H56F2N12O5/c1-51-19-21-54(22-20-51)35-16-18-55-40(48-35)31(25-46-55)41(59)47-32-27-56(50-37(32)39(44)45)30-12-10-28(11-13-30)26-52(2)17-6-24-62-23-5-8-29-7-4-9-33-38(29)53(3)43(61)57(33)34-14-15-36(58)49-42(34)60/h4,7,9,16,18,25,27-28,30,34,39H,5-6,8,10-15,17,19-24,26H2,1-3H3,(H,47,59)(H,49,58,60)/t28-,30-,34?. The molecule has 0 spiro atoms. The molecule has 3 amide bonds. The minimum atomic E-state index is -2.86. The van der Waals surface area contributed by atoms with Crippen molar-refractivity contribution in [3.63, 3.8) is 0 Å². The summed E-state index contributed by atoms with van der Waals surface area (Å²) in [5, 5.41) is 13.6. The molecule has 3 aliphatic rings. The molecule has 62 heavy (non-hydrogen) atoms. The number of piperidine rings is 1. The second-order valence-electron chi connectivity index (χ2n) is 17.0. The lowest BCUT2D eigenvalue weighted by Gasteiger charge is -2.33. The summed E-state index contributed by atoms with van der Waals surface area (Å²) in [4.78, 5) is 62.4. The quantitative estimate of drug-likeness (QED) is 0.108. The number of carbonyl (C=O) groups is 3. The molecule has 5 aromatic rings. The molecule has 8 rings (SSSR count). The number of para-hydroxylation sites is 1. The molecule has 0 bridgehead atoms. The minimum Gasteiger partial charge on any atom is -0.381 e. The number of fused-ring (bicyclic) bond motifs is 2. The highest BCUT2D eigenvalue weighted by Crippen LogP contribution is 2.35. The van der Waals surface area contributed by atoms with Gasteiger partial charge in [0, 0.05) is 78.3 Å². The van der Waals surface area contributed by atoms with Crippen molar-refractivity contribution in [2.24, 2.45) is 13.0 Å². The van der Waals surface area contributed by atoms with Gasteiger partial charge in [-0.05, 0) is 89.1 Å². The molecule has 2 saturated heterocycles. The number of rotatable bonds is 16. The largest absolute Gasteiger partial charge is 0.381 e. The van der Waals surface area contributed by atoms with Gasteiger partial charge in [0.2, 0.25) is 11.8 Å². The van der Waals surface area contributed by atoms with Gasteiger partial charge in [-0.25, -0.2) is 23.1 Å². The SMILES string of the molecule is CN1CCN(c2ccn3ncc(C(=O)Nc4cn([C@H]5CC[C@H](CN(C)CCCOCCCc6cccc7c6n(C)c(=O)n7C6CCC(=O)NC6=O)CC5)nc4C(F)F)c3n2)CC1. The van der Waals surface area contributed by atoms with Crippen molar-refractivity contribution in [1.82, 2.24) is 48.6 Å². The molecule has 17 nitrogen and oxygen atoms in total. The smallest absolute Gasteiger partial charge is 0.329 e. The Morgan fingerprint density at radius 3 is 2.55 bits per heavy atom. The molecule has 2 aliphatic heterocycles. The van der Waals surface area contributed by atoms with Crippen molar-refractivity contribution in [1.29, 1.82) is 0 Å². The van der Waals surface area contributed by atoms with Gasteiger partial charge in [0.1, 0.15) is 17.4 Å². The predicted molar refractivity (Wildman–Crippen MR) is 229 cm³/mol. The first-order valence-electron chi connectivity index (χ1n) is 21.7. The van der Waals surface area contributed by atoms with Crippen LogP contribution in [0.1, 0.15) is 91.5 Å². The highest BCUT2D eigenvalue weighted by molar-refractivity contribution is 6.08. The zero-order valence-electron chi connectivity index (χ0n) is 35.6. The molecule has 332 valence electrons. The van der Waals surface area contributed by atoms with Crippen LogP contribution in [0.3, 0.4) is 0 Å². The van der Waals surface area contributed by atoms with Crippen LogP contribution in [-0.4, -0.2) is 128 Å². The molecule has 19 heteroatoms. The summed E-state index contributed by atoms with van der Waals surface area (Å²) >= 11 is 0. The van der Waals surface area contributed by atoms with E-state index < -0.39 is 30.0 Å². The van der Waals surface area contributed by atoms with Crippen LogP contribution in [0.15, 0.2) is 47.7 Å². The molecule has 4 aromatic heterocycles. The number of aryl methyl sites for hydroxylation is 2. The first-order valence-corrected chi connectivity index (χ1v) is 21.7. The molecule has 0 radical (unpaired) electrons. The normalized spacial score (nSPS) is 20.2. The van der Waals surface area contributed by atoms with E-state index in [4.69, 9.17) is 9.72 Å². The van der Waals surface area contributed by atoms with E-state index in [1.165, 1.54) is 21.5 Å². The molecule has 2 N–H and O–H groups in total. The maximum Gasteiger partial charge on any atom is 0.329 e. The van der Waals surface area contributed by atoms with Crippen molar-refractivity contribution >= 4 is 45.9 Å². The van der Waals surface area contributed by atoms with Crippen LogP contribution >= 0.6 is 0 Å². The van der Waals surface area contributed by atoms with Gasteiger partial charge in [-0.15, -0.1) is 0 Å². The number of nitrogens with one attached hydrogen (secondary N) is 2. The Morgan fingerprint density at radius 1 is 1.02 bits per heavy atom. The average Bonchev–Trinajstić information content (AvgIpc) is 3.95. The number of imide groups is 1. The molecule has 1 saturated carbocycles. The zero-order valence-corrected chi connectivity index (χ0v) is 35.6. The van der Waals surface area contributed by atoms with Crippen LogP contribution < -0.4 is 21.2 Å². The van der Waals surface area contributed by atoms with Gasteiger partial charge in [0.05, 0.1) is 29.0 Å². The first kappa shape index (κ1) is 43.1. The summed E-state index contributed by atoms with van der Waals surface area (Å²) in [6, 6.07) is 6.85. The molecule has 1 aromatic carbocycles. The van der Waals surface area contributed by atoms with E-state index in [2.05, 4.69) is 49.6 Å². The number of ether oxygens (including phenoxy) is 1. The molecule has 1 aliphatic carbocycles. The first-order chi connectivity index (χ1) is 29.9. The number of likely N-dealkylation sites (N-methyl/N-ethyl adjacent to an activating group) is 1. The second kappa shape index (κ2) is 18.8. The fraction of sp³-hybridized carbons (Fsp3) is 0.558. The van der Waals surface area contributed by atoms with E-state index >= 15 is 0 Å². The van der Waals surface area contributed by atoms with E-state index in [-0.39, 0.29) is 35.3 Å². The van der Waals surface area contributed by atoms with Gasteiger partial charge in [-0.1, -0.05) is 12.1 Å². The van der Waals surface area contributed by atoms with Gasteiger partial charge in [-0.3, -0.25) is 33.5 Å². The van der Waals surface area contributed by atoms with Crippen molar-refractivity contribution in [3.05, 3.63) is 70.2 Å². The topological polar surface area (TPSA) is 169 Å². The maximum absolute atomic E-state index is 14.2. The van der Waals surface area contributed by atoms with Gasteiger partial charge < -0.3 is 24.8 Å². The lowest BCUT2D eigenvalue weighted by molar-refractivity contribution is -0.135. The Hall–Kier alpha value is -5.53. The summed E-state index contributed by atoms with van der Waals surface area (Å²) in [6.45, 7) is 6.45. The Kier molecular flexibility index (Phi) is 13.1. The molecular formula is C43H56F2N12O5. The summed E-state index contributed by atoms with van der Waals surface area (Å²) < 4.78 is 40.7. The number of halogens is 2. The number of hydrogen-bond donors (Lipinski definition) is 2. The predicted octanol–water partition coefficient (Wildman–Crippen LogP) is 4.20. The number of carbonyl (C=O) groups excluding carboxylic acids is 3. The summed E-state index contributed by atoms with van der Waals surface area (Å²) in [7, 11) is 5.90. The Bertz CT molecular complexity index is 2460. The Balaban J connectivity index is 0.769. The van der Waals surface area contributed by atoms with Crippen molar-refractivity contribution in [2.45, 2.75) is 76.3 Å². The Morgan fingerprint density at radius 2 is 1.79 bits per heavy atom. The number of benzene rings is 1. The molecule has 3 fully saturated rings. The van der Waals surface area contributed by atoms with E-state index in [1.54, 1.807) is 22.5 Å². The average molecular weight is 859 g/mol. The number of nitrogens with zero attached hydrogens (tertiary/aromatic N) is 10. The van der Waals surface area contributed by atoms with Crippen LogP contribution in [0.2, 0.25) is 0 Å². The fourth-order valence-electron chi connectivity index (χ4n) is 9.25. The summed E-state index contributed by atoms with van der Waals surface area (Å²) in [5.41, 5.74) is 2.32. The zero-order chi connectivity index (χ0) is 43.5. The number of amides is 3. The van der Waals surface area contributed by atoms with E-state index in [0.29, 0.717) is 43.1 Å². The third kappa shape index (κ3) is 9.29. The van der Waals surface area contributed by atoms with Gasteiger partial charge in [0.25, 0.3) is 12.3 Å². The van der Waals surface area contributed by atoms with Crippen LogP contribution in [0.4, 0.5) is 20.3 Å². The van der Waals surface area contributed by atoms with Crippen molar-refractivity contribution in [3.8, 4) is 0 Å². The van der Waals surface area contributed by atoms with Crippen LogP contribution in [0, 0.1) is 5.92 Å². The lowest BCUT2D eigenvalue weighted by Crippen LogP contribution is -2.44. The second-order valence-corrected chi connectivity index (χ2v) is 17.0. The highest BCUT2D eigenvalue weighted by atomic mass is 19.3. The van der Waals surface area contributed by atoms with Crippen molar-refractivity contribution in [2.75, 3.05) is 76.8 Å². The number of alkyl halides is 2. The highest BCUT2D eigenvalue weighted by Gasteiger charge is 2.32. The van der Waals surface area contributed by atoms with E-state index in [9.17, 15) is 28.0 Å². The number of piperazine rings is 1. The van der Waals surface area contributed by atoms with Gasteiger partial charge >= 0.3 is 5.69 Å². The molecule has 1 unspecified atom stereocenters. The maximum atomic E-state index is 14.2. The van der Waals surface area contributed by atoms with Crippen LogP contribution in [0.25, 0.3) is 16.7 Å². The number of hydrogen-bond acceptors (Lipinski definition) is 11. The van der Waals surface area contributed by atoms with Crippen LogP contribution in [-0.2, 0) is 27.8 Å².